The molecule has 0 fully saturated rings. The van der Waals surface area contributed by atoms with E-state index in [1.807, 2.05) is 18.2 Å². The van der Waals surface area contributed by atoms with Crippen molar-refractivity contribution in [3.05, 3.63) is 86.9 Å². The first kappa shape index (κ1) is 37.7. The minimum absolute atomic E-state index is 0.0246. The second kappa shape index (κ2) is 17.3. The third kappa shape index (κ3) is 10.5. The minimum Gasteiger partial charge on any atom is -0.479 e. The Morgan fingerprint density at radius 2 is 1.58 bits per heavy atom. The molecule has 3 rings (SSSR count). The van der Waals surface area contributed by atoms with Crippen LogP contribution in [-0.2, 0) is 38.1 Å². The van der Waals surface area contributed by atoms with Gasteiger partial charge in [-0.2, -0.15) is 13.2 Å². The number of esters is 1. The van der Waals surface area contributed by atoms with E-state index < -0.39 is 29.8 Å². The van der Waals surface area contributed by atoms with Gasteiger partial charge in [0.15, 0.2) is 6.10 Å². The lowest BCUT2D eigenvalue weighted by Crippen LogP contribution is -2.35. The molecule has 0 aliphatic rings. The lowest BCUT2D eigenvalue weighted by atomic mass is 10.0. The highest BCUT2D eigenvalue weighted by Gasteiger charge is 2.31. The number of carboxylic acid groups (broad SMARTS) is 1. The molecule has 0 aliphatic heterocycles. The van der Waals surface area contributed by atoms with Crippen molar-refractivity contribution < 1.29 is 46.9 Å². The average Bonchev–Trinajstić information content (AvgIpc) is 3.00. The molecule has 244 valence electrons. The first-order chi connectivity index (χ1) is 21.2. The van der Waals surface area contributed by atoms with E-state index in [2.05, 4.69) is 13.8 Å². The van der Waals surface area contributed by atoms with Crippen LogP contribution in [0, 0.1) is 0 Å². The number of nitrogens with zero attached hydrogens (tertiary/aromatic N) is 1. The van der Waals surface area contributed by atoms with E-state index >= 15 is 0 Å². The summed E-state index contributed by atoms with van der Waals surface area (Å²) in [5.41, 5.74) is 2.12. The van der Waals surface area contributed by atoms with E-state index in [1.165, 1.54) is 12.1 Å². The monoisotopic (exact) mass is 691 g/mol. The molecule has 1 amide bonds. The standard InChI is InChI=1S/C17H11Cl2F3O5.C14H20ClNO2/c1-8(15(23)24)26-16(25)11-7-10(3-4-12(11)18)27-14-5-2-9(6-13(14)19)17(20,21)22;1-4-11-7-6-8-12(5-2)14(11)16(10-18-3)13(17)9-15/h2-8H,1H3,(H,23,24);6-8H,4-5,9-10H2,1-3H3/t8-;/m0./s1. The molecule has 3 aromatic rings. The number of hydrogen-bond donors (Lipinski definition) is 1. The third-order valence-electron chi connectivity index (χ3n) is 6.18. The van der Waals surface area contributed by atoms with Crippen LogP contribution in [0.25, 0.3) is 0 Å². The molecule has 14 heteroatoms. The van der Waals surface area contributed by atoms with E-state index in [9.17, 15) is 27.6 Å². The summed E-state index contributed by atoms with van der Waals surface area (Å²) in [5, 5.41) is 8.46. The van der Waals surface area contributed by atoms with Gasteiger partial charge in [-0.25, -0.2) is 9.59 Å². The van der Waals surface area contributed by atoms with Crippen molar-refractivity contribution in [2.45, 2.75) is 45.9 Å². The smallest absolute Gasteiger partial charge is 0.416 e. The third-order valence-corrected chi connectivity index (χ3v) is 7.04. The Kier molecular flexibility index (Phi) is 14.4. The predicted octanol–water partition coefficient (Wildman–Crippen LogP) is 8.42. The molecule has 0 aliphatic carbocycles. The zero-order valence-electron chi connectivity index (χ0n) is 24.7. The average molecular weight is 693 g/mol. The number of carbonyl (C=O) groups excluding carboxylic acids is 2. The summed E-state index contributed by atoms with van der Waals surface area (Å²) in [6, 6.07) is 12.4. The Morgan fingerprint density at radius 1 is 0.956 bits per heavy atom. The Morgan fingerprint density at radius 3 is 2.07 bits per heavy atom. The lowest BCUT2D eigenvalue weighted by Gasteiger charge is -2.26. The van der Waals surface area contributed by atoms with Crippen molar-refractivity contribution in [1.82, 2.24) is 0 Å². The maximum absolute atomic E-state index is 12.7. The number of alkyl halides is 4. The van der Waals surface area contributed by atoms with Gasteiger partial charge in [-0.3, -0.25) is 9.69 Å². The summed E-state index contributed by atoms with van der Waals surface area (Å²) >= 11 is 17.4. The van der Waals surface area contributed by atoms with E-state index in [0.717, 1.165) is 54.8 Å². The van der Waals surface area contributed by atoms with Gasteiger partial charge in [-0.05, 0) is 67.3 Å². The van der Waals surface area contributed by atoms with Crippen LogP contribution in [0.4, 0.5) is 18.9 Å². The number of rotatable bonds is 11. The van der Waals surface area contributed by atoms with Crippen molar-refractivity contribution >= 4 is 58.3 Å². The van der Waals surface area contributed by atoms with Crippen molar-refractivity contribution in [2.75, 3.05) is 24.6 Å². The number of methoxy groups -OCH3 is 1. The Balaban J connectivity index is 0.000000341. The number of halogens is 6. The molecule has 0 saturated carbocycles. The molecule has 0 spiro atoms. The summed E-state index contributed by atoms with van der Waals surface area (Å²) in [7, 11) is 1.58. The van der Waals surface area contributed by atoms with Gasteiger partial charge in [0.1, 0.15) is 24.1 Å². The fraction of sp³-hybridized carbons (Fsp3) is 0.323. The quantitative estimate of drug-likeness (QED) is 0.122. The highest BCUT2D eigenvalue weighted by molar-refractivity contribution is 6.33. The molecule has 3 aromatic carbocycles. The van der Waals surface area contributed by atoms with Crippen LogP contribution in [0.5, 0.6) is 11.5 Å². The molecule has 0 bridgehead atoms. The molecule has 1 N–H and O–H groups in total. The van der Waals surface area contributed by atoms with Gasteiger partial charge in [-0.15, -0.1) is 11.6 Å². The van der Waals surface area contributed by atoms with Gasteiger partial charge in [0.25, 0.3) is 0 Å². The summed E-state index contributed by atoms with van der Waals surface area (Å²) in [4.78, 5) is 36.4. The van der Waals surface area contributed by atoms with E-state index in [4.69, 9.17) is 54.1 Å². The number of amides is 1. The second-order valence-electron chi connectivity index (χ2n) is 9.28. The van der Waals surface area contributed by atoms with Gasteiger partial charge < -0.3 is 19.3 Å². The van der Waals surface area contributed by atoms with Crippen molar-refractivity contribution in [2.24, 2.45) is 0 Å². The highest BCUT2D eigenvalue weighted by Crippen LogP contribution is 2.37. The van der Waals surface area contributed by atoms with Crippen molar-refractivity contribution in [3.8, 4) is 11.5 Å². The molecule has 0 saturated heterocycles. The molecule has 1 atom stereocenters. The van der Waals surface area contributed by atoms with Crippen LogP contribution < -0.4 is 9.64 Å². The van der Waals surface area contributed by atoms with Crippen molar-refractivity contribution in [3.63, 3.8) is 0 Å². The SMILES string of the molecule is CCc1cccc(CC)c1N(COC)C(=O)CCl.C[C@H](OC(=O)c1cc(Oc2ccc(C(F)(F)F)cc2Cl)ccc1Cl)C(=O)O. The highest BCUT2D eigenvalue weighted by atomic mass is 35.5. The Hall–Kier alpha value is -3.51. The molecule has 0 unspecified atom stereocenters. The summed E-state index contributed by atoms with van der Waals surface area (Å²) in [6.45, 7) is 5.55. The number of aliphatic carboxylic acids is 1. The second-order valence-corrected chi connectivity index (χ2v) is 10.4. The van der Waals surface area contributed by atoms with Crippen LogP contribution in [0.15, 0.2) is 54.6 Å². The maximum Gasteiger partial charge on any atom is 0.416 e. The van der Waals surface area contributed by atoms with E-state index in [1.54, 1.807) is 12.0 Å². The number of hydrogen-bond acceptors (Lipinski definition) is 6. The normalized spacial score (nSPS) is 11.6. The molecule has 45 heavy (non-hydrogen) atoms. The molecular weight excluding hydrogens is 662 g/mol. The van der Waals surface area contributed by atoms with Gasteiger partial charge in [0.05, 0.1) is 26.9 Å². The topological polar surface area (TPSA) is 102 Å². The Labute approximate surface area is 273 Å². The number of carboxylic acids is 1. The van der Waals surface area contributed by atoms with Crippen LogP contribution in [0.3, 0.4) is 0 Å². The number of para-hydroxylation sites is 1. The first-order valence-electron chi connectivity index (χ1n) is 13.4. The van der Waals surface area contributed by atoms with E-state index in [-0.39, 0.29) is 45.6 Å². The number of benzene rings is 3. The zero-order chi connectivity index (χ0) is 33.9. The van der Waals surface area contributed by atoms with E-state index in [0.29, 0.717) is 6.07 Å². The zero-order valence-corrected chi connectivity index (χ0v) is 27.0. The molecule has 0 aromatic heterocycles. The first-order valence-corrected chi connectivity index (χ1v) is 14.7. The predicted molar refractivity (Wildman–Crippen MR) is 166 cm³/mol. The van der Waals surface area contributed by atoms with Crippen LogP contribution in [-0.4, -0.2) is 48.8 Å². The summed E-state index contributed by atoms with van der Waals surface area (Å²) in [6.07, 6.45) is -4.21. The van der Waals surface area contributed by atoms with Gasteiger partial charge in [-0.1, -0.05) is 55.2 Å². The van der Waals surface area contributed by atoms with Crippen LogP contribution >= 0.6 is 34.8 Å². The fourth-order valence-corrected chi connectivity index (χ4v) is 4.47. The van der Waals surface area contributed by atoms with Gasteiger partial charge in [0.2, 0.25) is 5.91 Å². The molecule has 0 heterocycles. The van der Waals surface area contributed by atoms with Gasteiger partial charge >= 0.3 is 18.1 Å². The van der Waals surface area contributed by atoms with Crippen LogP contribution in [0.1, 0.15) is 47.8 Å². The maximum atomic E-state index is 12.7. The number of aryl methyl sites for hydroxylation is 2. The van der Waals surface area contributed by atoms with Crippen molar-refractivity contribution in [1.29, 1.82) is 0 Å². The number of anilines is 1. The lowest BCUT2D eigenvalue weighted by molar-refractivity contribution is -0.146. The largest absolute Gasteiger partial charge is 0.479 e. The molecule has 8 nitrogen and oxygen atoms in total. The minimum atomic E-state index is -4.56. The van der Waals surface area contributed by atoms with Crippen LogP contribution in [0.2, 0.25) is 10.0 Å². The fourth-order valence-electron chi connectivity index (χ4n) is 3.91. The number of carbonyl (C=O) groups is 3. The summed E-state index contributed by atoms with van der Waals surface area (Å²) in [5.74, 6) is -2.55. The molecule has 0 radical (unpaired) electrons. The molecular formula is C31H31Cl3F3NO7. The Bertz CT molecular complexity index is 1480. The number of ether oxygens (including phenoxy) is 3. The van der Waals surface area contributed by atoms with Gasteiger partial charge in [0, 0.05) is 7.11 Å². The summed E-state index contributed by atoms with van der Waals surface area (Å²) < 4.78 is 53.3.